The molecule has 0 bridgehead atoms. The molecule has 1 spiro atoms. The Balaban J connectivity index is 1.83. The zero-order valence-electron chi connectivity index (χ0n) is 8.58. The van der Waals surface area contributed by atoms with Gasteiger partial charge in [0.25, 0.3) is 0 Å². The molecule has 4 heteroatoms. The molecule has 1 aliphatic carbocycles. The summed E-state index contributed by atoms with van der Waals surface area (Å²) in [5.74, 6) is -0.0293. The fourth-order valence-corrected chi connectivity index (χ4v) is 2.19. The maximum absolute atomic E-state index is 11.4. The SMILES string of the molecule is C[C@@H](N)C(=O)NC1CC12CCOCC2. The van der Waals surface area contributed by atoms with Crippen molar-refractivity contribution >= 4 is 5.91 Å². The summed E-state index contributed by atoms with van der Waals surface area (Å²) in [6, 6.07) is -0.0441. The molecule has 3 N–H and O–H groups in total. The summed E-state index contributed by atoms with van der Waals surface area (Å²) in [6.45, 7) is 3.39. The first-order valence-corrected chi connectivity index (χ1v) is 5.28. The van der Waals surface area contributed by atoms with Crippen molar-refractivity contribution in [1.82, 2.24) is 5.32 Å². The number of rotatable bonds is 2. The molecule has 80 valence electrons. The van der Waals surface area contributed by atoms with Gasteiger partial charge in [-0.1, -0.05) is 0 Å². The van der Waals surface area contributed by atoms with Crippen molar-refractivity contribution in [3.8, 4) is 0 Å². The van der Waals surface area contributed by atoms with Crippen molar-refractivity contribution in [3.05, 3.63) is 0 Å². The van der Waals surface area contributed by atoms with Crippen LogP contribution >= 0.6 is 0 Å². The van der Waals surface area contributed by atoms with Crippen LogP contribution in [-0.4, -0.2) is 31.2 Å². The quantitative estimate of drug-likeness (QED) is 0.657. The van der Waals surface area contributed by atoms with Crippen LogP contribution in [0.4, 0.5) is 0 Å². The number of ether oxygens (including phenoxy) is 1. The molecule has 0 aromatic rings. The van der Waals surface area contributed by atoms with Crippen LogP contribution in [0.25, 0.3) is 0 Å². The molecule has 2 rings (SSSR count). The molecule has 14 heavy (non-hydrogen) atoms. The van der Waals surface area contributed by atoms with Crippen LogP contribution in [0.1, 0.15) is 26.2 Å². The van der Waals surface area contributed by atoms with E-state index in [1.165, 1.54) is 0 Å². The van der Waals surface area contributed by atoms with Crippen molar-refractivity contribution < 1.29 is 9.53 Å². The lowest BCUT2D eigenvalue weighted by atomic mass is 9.96. The minimum absolute atomic E-state index is 0.0293. The van der Waals surface area contributed by atoms with Crippen molar-refractivity contribution in [2.75, 3.05) is 13.2 Å². The summed E-state index contributed by atoms with van der Waals surface area (Å²) >= 11 is 0. The maximum atomic E-state index is 11.4. The van der Waals surface area contributed by atoms with Crippen LogP contribution in [0.5, 0.6) is 0 Å². The maximum Gasteiger partial charge on any atom is 0.236 e. The molecule has 1 aliphatic heterocycles. The molecular weight excluding hydrogens is 180 g/mol. The van der Waals surface area contributed by atoms with Crippen molar-refractivity contribution in [1.29, 1.82) is 0 Å². The third-order valence-electron chi connectivity index (χ3n) is 3.41. The highest BCUT2D eigenvalue weighted by Gasteiger charge is 2.55. The number of hydrogen-bond acceptors (Lipinski definition) is 3. The fraction of sp³-hybridized carbons (Fsp3) is 0.900. The molecule has 1 heterocycles. The summed E-state index contributed by atoms with van der Waals surface area (Å²) in [6.07, 6.45) is 3.27. The van der Waals surface area contributed by atoms with Crippen molar-refractivity contribution in [2.45, 2.75) is 38.3 Å². The van der Waals surface area contributed by atoms with Gasteiger partial charge in [-0.2, -0.15) is 0 Å². The third-order valence-corrected chi connectivity index (χ3v) is 3.41. The van der Waals surface area contributed by atoms with Crippen molar-refractivity contribution in [3.63, 3.8) is 0 Å². The Bertz CT molecular complexity index is 234. The highest BCUT2D eigenvalue weighted by atomic mass is 16.5. The number of carbonyl (C=O) groups is 1. The smallest absolute Gasteiger partial charge is 0.236 e. The molecule has 0 aromatic carbocycles. The van der Waals surface area contributed by atoms with Crippen molar-refractivity contribution in [2.24, 2.45) is 11.1 Å². The number of nitrogens with one attached hydrogen (secondary N) is 1. The number of hydrogen-bond donors (Lipinski definition) is 2. The average Bonchev–Trinajstić information content (AvgIpc) is 2.79. The van der Waals surface area contributed by atoms with Gasteiger partial charge < -0.3 is 15.8 Å². The van der Waals surface area contributed by atoms with E-state index in [1.54, 1.807) is 6.92 Å². The van der Waals surface area contributed by atoms with Gasteiger partial charge in [-0.25, -0.2) is 0 Å². The largest absolute Gasteiger partial charge is 0.381 e. The van der Waals surface area contributed by atoms with E-state index in [0.29, 0.717) is 11.5 Å². The highest BCUT2D eigenvalue weighted by Crippen LogP contribution is 2.53. The molecule has 1 saturated heterocycles. The monoisotopic (exact) mass is 198 g/mol. The van der Waals surface area contributed by atoms with Crippen LogP contribution in [0.15, 0.2) is 0 Å². The Morgan fingerprint density at radius 1 is 1.57 bits per heavy atom. The molecule has 1 saturated carbocycles. The van der Waals surface area contributed by atoms with Crippen LogP contribution in [0, 0.1) is 5.41 Å². The molecule has 0 radical (unpaired) electrons. The highest BCUT2D eigenvalue weighted by molar-refractivity contribution is 5.81. The molecule has 1 amide bonds. The Morgan fingerprint density at radius 3 is 2.79 bits per heavy atom. The van der Waals surface area contributed by atoms with E-state index in [9.17, 15) is 4.79 Å². The predicted molar refractivity (Wildman–Crippen MR) is 52.7 cm³/mol. The summed E-state index contributed by atoms with van der Waals surface area (Å²) < 4.78 is 5.31. The standard InChI is InChI=1S/C10H18N2O2/c1-7(11)9(13)12-8-6-10(8)2-4-14-5-3-10/h7-8H,2-6,11H2,1H3,(H,12,13)/t7-,8?/m1/s1. The normalized spacial score (nSPS) is 31.1. The lowest BCUT2D eigenvalue weighted by Crippen LogP contribution is -2.41. The van der Waals surface area contributed by atoms with Gasteiger partial charge >= 0.3 is 0 Å². The molecule has 1 unspecified atom stereocenters. The predicted octanol–water partition coefficient (Wildman–Crippen LogP) is 0.0189. The minimum Gasteiger partial charge on any atom is -0.381 e. The number of amides is 1. The topological polar surface area (TPSA) is 64.4 Å². The van der Waals surface area contributed by atoms with Gasteiger partial charge in [0, 0.05) is 19.3 Å². The molecule has 2 fully saturated rings. The second-order valence-electron chi connectivity index (χ2n) is 4.53. The Labute approximate surface area is 84.2 Å². The van der Waals surface area contributed by atoms with E-state index in [0.717, 1.165) is 32.5 Å². The van der Waals surface area contributed by atoms with Gasteiger partial charge in [0.05, 0.1) is 6.04 Å². The van der Waals surface area contributed by atoms with E-state index in [2.05, 4.69) is 5.32 Å². The molecular formula is C10H18N2O2. The van der Waals surface area contributed by atoms with E-state index in [1.807, 2.05) is 0 Å². The molecule has 2 aliphatic rings. The summed E-state index contributed by atoms with van der Waals surface area (Å²) in [7, 11) is 0. The fourth-order valence-electron chi connectivity index (χ4n) is 2.19. The van der Waals surface area contributed by atoms with Crippen LogP contribution < -0.4 is 11.1 Å². The van der Waals surface area contributed by atoms with Crippen LogP contribution in [0.3, 0.4) is 0 Å². The average molecular weight is 198 g/mol. The Morgan fingerprint density at radius 2 is 2.21 bits per heavy atom. The summed E-state index contributed by atoms with van der Waals surface area (Å²) in [5, 5.41) is 2.99. The summed E-state index contributed by atoms with van der Waals surface area (Å²) in [4.78, 5) is 11.4. The molecule has 4 nitrogen and oxygen atoms in total. The molecule has 2 atom stereocenters. The van der Waals surface area contributed by atoms with E-state index >= 15 is 0 Å². The van der Waals surface area contributed by atoms with Gasteiger partial charge in [0.2, 0.25) is 5.91 Å². The number of nitrogens with two attached hydrogens (primary N) is 1. The Hall–Kier alpha value is -0.610. The van der Waals surface area contributed by atoms with E-state index in [4.69, 9.17) is 10.5 Å². The molecule has 0 aromatic heterocycles. The lowest BCUT2D eigenvalue weighted by molar-refractivity contribution is -0.122. The summed E-state index contributed by atoms with van der Waals surface area (Å²) in [5.41, 5.74) is 5.84. The van der Waals surface area contributed by atoms with Crippen LogP contribution in [0.2, 0.25) is 0 Å². The second kappa shape index (κ2) is 3.51. The van der Waals surface area contributed by atoms with Gasteiger partial charge in [0.15, 0.2) is 0 Å². The minimum atomic E-state index is -0.396. The third kappa shape index (κ3) is 1.77. The first-order valence-electron chi connectivity index (χ1n) is 5.28. The van der Waals surface area contributed by atoms with E-state index in [-0.39, 0.29) is 5.91 Å². The number of carbonyl (C=O) groups excluding carboxylic acids is 1. The lowest BCUT2D eigenvalue weighted by Gasteiger charge is -2.23. The van der Waals surface area contributed by atoms with Gasteiger partial charge in [-0.05, 0) is 31.6 Å². The first-order chi connectivity index (χ1) is 6.64. The zero-order chi connectivity index (χ0) is 10.2. The van der Waals surface area contributed by atoms with Gasteiger partial charge in [-0.3, -0.25) is 4.79 Å². The van der Waals surface area contributed by atoms with Gasteiger partial charge in [-0.15, -0.1) is 0 Å². The zero-order valence-corrected chi connectivity index (χ0v) is 8.58. The second-order valence-corrected chi connectivity index (χ2v) is 4.53. The van der Waals surface area contributed by atoms with E-state index < -0.39 is 6.04 Å². The van der Waals surface area contributed by atoms with Gasteiger partial charge in [0.1, 0.15) is 0 Å². The van der Waals surface area contributed by atoms with Crippen LogP contribution in [-0.2, 0) is 9.53 Å². The Kier molecular flexibility index (Phi) is 2.49. The first kappa shape index (κ1) is 9.93.